The van der Waals surface area contributed by atoms with Gasteiger partial charge >= 0.3 is 0 Å². The predicted molar refractivity (Wildman–Crippen MR) is 100 cm³/mol. The molecule has 26 heavy (non-hydrogen) atoms. The van der Waals surface area contributed by atoms with Crippen molar-refractivity contribution >= 4 is 39.1 Å². The van der Waals surface area contributed by atoms with Gasteiger partial charge in [-0.2, -0.15) is 10.1 Å². The Hall–Kier alpha value is -3.33. The summed E-state index contributed by atoms with van der Waals surface area (Å²) in [5.74, 6) is 1.14. The third-order valence-corrected chi connectivity index (χ3v) is 5.29. The summed E-state index contributed by atoms with van der Waals surface area (Å²) in [6.45, 7) is 4.10. The van der Waals surface area contributed by atoms with Crippen molar-refractivity contribution in [3.63, 3.8) is 0 Å². The molecule has 0 fully saturated rings. The molecule has 5 rings (SSSR count). The zero-order chi connectivity index (χ0) is 17.7. The van der Waals surface area contributed by atoms with Gasteiger partial charge in [-0.3, -0.25) is 0 Å². The Bertz CT molecular complexity index is 1230. The fourth-order valence-electron chi connectivity index (χ4n) is 2.80. The molecule has 0 amide bonds. The maximum atomic E-state index is 4.53. The van der Waals surface area contributed by atoms with Crippen LogP contribution in [-0.4, -0.2) is 34.3 Å². The van der Waals surface area contributed by atoms with Gasteiger partial charge in [-0.15, -0.1) is 5.10 Å². The van der Waals surface area contributed by atoms with Gasteiger partial charge in [-0.25, -0.2) is 19.2 Å². The number of rotatable bonds is 3. The Kier molecular flexibility index (Phi) is 3.22. The minimum absolute atomic E-state index is 0.506. The number of para-hydroxylation sites is 1. The van der Waals surface area contributed by atoms with Crippen molar-refractivity contribution in [1.82, 2.24) is 34.3 Å². The van der Waals surface area contributed by atoms with Crippen molar-refractivity contribution < 1.29 is 0 Å². The molecule has 0 aliphatic carbocycles. The monoisotopic (exact) mass is 362 g/mol. The summed E-state index contributed by atoms with van der Waals surface area (Å²) in [6.07, 6.45) is 3.26. The quantitative estimate of drug-likeness (QED) is 0.530. The molecule has 5 aromatic rings. The molecule has 0 atom stereocenters. The average molecular weight is 362 g/mol. The molecule has 0 aliphatic rings. The van der Waals surface area contributed by atoms with Crippen LogP contribution in [0.5, 0.6) is 0 Å². The number of nitrogens with zero attached hydrogens (tertiary/aromatic N) is 7. The van der Waals surface area contributed by atoms with Crippen LogP contribution < -0.4 is 5.32 Å². The van der Waals surface area contributed by atoms with Crippen LogP contribution in [0.3, 0.4) is 0 Å². The number of benzene rings is 1. The summed E-state index contributed by atoms with van der Waals surface area (Å²) in [7, 11) is 0. The van der Waals surface area contributed by atoms with Crippen molar-refractivity contribution in [1.29, 1.82) is 0 Å². The lowest BCUT2D eigenvalue weighted by Gasteiger charge is -2.04. The number of aryl methyl sites for hydroxylation is 2. The molecule has 8 nitrogen and oxygen atoms in total. The Morgan fingerprint density at radius 1 is 1.08 bits per heavy atom. The van der Waals surface area contributed by atoms with E-state index >= 15 is 0 Å². The zero-order valence-corrected chi connectivity index (χ0v) is 14.9. The fourth-order valence-corrected chi connectivity index (χ4v) is 3.71. The van der Waals surface area contributed by atoms with Gasteiger partial charge in [0.2, 0.25) is 10.9 Å². The van der Waals surface area contributed by atoms with Crippen LogP contribution in [-0.2, 0) is 0 Å². The summed E-state index contributed by atoms with van der Waals surface area (Å²) in [5.41, 5.74) is 2.76. The van der Waals surface area contributed by atoms with E-state index in [4.69, 9.17) is 0 Å². The van der Waals surface area contributed by atoms with Gasteiger partial charge in [0.05, 0.1) is 23.0 Å². The topological polar surface area (TPSA) is 85.8 Å². The van der Waals surface area contributed by atoms with Crippen LogP contribution >= 0.6 is 11.3 Å². The first kappa shape index (κ1) is 15.0. The summed E-state index contributed by atoms with van der Waals surface area (Å²) in [4.78, 5) is 15.3. The van der Waals surface area contributed by atoms with E-state index in [0.29, 0.717) is 11.8 Å². The van der Waals surface area contributed by atoms with E-state index in [1.165, 1.54) is 11.2 Å². The summed E-state index contributed by atoms with van der Waals surface area (Å²) >= 11 is 1.62. The van der Waals surface area contributed by atoms with Crippen LogP contribution in [0, 0.1) is 13.8 Å². The van der Waals surface area contributed by atoms with Crippen molar-refractivity contribution in [2.75, 3.05) is 5.32 Å². The van der Waals surface area contributed by atoms with E-state index in [-0.39, 0.29) is 0 Å². The van der Waals surface area contributed by atoms with E-state index in [1.54, 1.807) is 22.2 Å². The molecule has 0 unspecified atom stereocenters. The average Bonchev–Trinajstić information content (AvgIpc) is 3.32. The highest BCUT2D eigenvalue weighted by Gasteiger charge is 2.14. The number of nitrogens with one attached hydrogen (secondary N) is 1. The zero-order valence-electron chi connectivity index (χ0n) is 14.1. The van der Waals surface area contributed by atoms with Crippen molar-refractivity contribution in [2.45, 2.75) is 13.8 Å². The molecular weight excluding hydrogens is 348 g/mol. The van der Waals surface area contributed by atoms with E-state index in [0.717, 1.165) is 27.4 Å². The third kappa shape index (κ3) is 2.25. The van der Waals surface area contributed by atoms with Gasteiger partial charge in [0.1, 0.15) is 12.1 Å². The van der Waals surface area contributed by atoms with Crippen LogP contribution in [0.15, 0.2) is 42.9 Å². The molecule has 9 heteroatoms. The highest BCUT2D eigenvalue weighted by molar-refractivity contribution is 7.17. The summed E-state index contributed by atoms with van der Waals surface area (Å²) in [5, 5.41) is 13.0. The number of hydrogen-bond acceptors (Lipinski definition) is 7. The molecule has 1 aromatic carbocycles. The first-order chi connectivity index (χ1) is 12.7. The molecule has 1 N–H and O–H groups in total. The smallest absolute Gasteiger partial charge is 0.249 e. The highest BCUT2D eigenvalue weighted by atomic mass is 32.1. The maximum Gasteiger partial charge on any atom is 0.249 e. The van der Waals surface area contributed by atoms with Crippen LogP contribution in [0.2, 0.25) is 0 Å². The maximum absolute atomic E-state index is 4.53. The van der Waals surface area contributed by atoms with Crippen LogP contribution in [0.4, 0.5) is 11.8 Å². The van der Waals surface area contributed by atoms with Crippen molar-refractivity contribution in [3.05, 3.63) is 53.4 Å². The minimum Gasteiger partial charge on any atom is -0.307 e. The van der Waals surface area contributed by atoms with E-state index in [1.807, 2.05) is 41.8 Å². The number of thiazole rings is 1. The third-order valence-electron chi connectivity index (χ3n) is 4.25. The fraction of sp³-hybridized carbons (Fsp3) is 0.118. The Balaban J connectivity index is 1.57. The molecule has 128 valence electrons. The molecule has 0 spiro atoms. The SMILES string of the molecule is Cc1sc2nc(Nc3ncnc4c3cnn4-c3ccccc3)nn2c1C. The second-order valence-corrected chi connectivity index (χ2v) is 7.03. The minimum atomic E-state index is 0.506. The molecule has 0 saturated heterocycles. The second-order valence-electron chi connectivity index (χ2n) is 5.85. The first-order valence-electron chi connectivity index (χ1n) is 8.04. The molecule has 4 aromatic heterocycles. The molecule has 0 radical (unpaired) electrons. The van der Waals surface area contributed by atoms with Gasteiger partial charge in [-0.05, 0) is 26.0 Å². The van der Waals surface area contributed by atoms with Gasteiger partial charge in [0, 0.05) is 4.88 Å². The number of fused-ring (bicyclic) bond motifs is 2. The van der Waals surface area contributed by atoms with Gasteiger partial charge in [-0.1, -0.05) is 29.5 Å². The molecule has 4 heterocycles. The lowest BCUT2D eigenvalue weighted by atomic mass is 10.3. The predicted octanol–water partition coefficient (Wildman–Crippen LogP) is 3.28. The van der Waals surface area contributed by atoms with E-state index < -0.39 is 0 Å². The van der Waals surface area contributed by atoms with Crippen LogP contribution in [0.25, 0.3) is 21.7 Å². The summed E-state index contributed by atoms with van der Waals surface area (Å²) < 4.78 is 3.63. The standard InChI is InChI=1S/C17H14N8S/c1-10-11(2)26-17-22-16(23-24(10)17)21-14-13-8-20-25(15(13)19-9-18-14)12-6-4-3-5-7-12/h3-9H,1-2H3,(H,18,19,21,23). The van der Waals surface area contributed by atoms with Gasteiger partial charge < -0.3 is 5.32 Å². The molecule has 0 saturated carbocycles. The van der Waals surface area contributed by atoms with E-state index in [9.17, 15) is 0 Å². The number of hydrogen-bond donors (Lipinski definition) is 1. The molecular formula is C17H14N8S. The normalized spacial score (nSPS) is 11.5. The second kappa shape index (κ2) is 5.60. The van der Waals surface area contributed by atoms with Crippen molar-refractivity contribution in [2.24, 2.45) is 0 Å². The molecule has 0 bridgehead atoms. The van der Waals surface area contributed by atoms with Crippen LogP contribution in [0.1, 0.15) is 10.6 Å². The van der Waals surface area contributed by atoms with E-state index in [2.05, 4.69) is 37.4 Å². The van der Waals surface area contributed by atoms with Gasteiger partial charge in [0.15, 0.2) is 5.65 Å². The van der Waals surface area contributed by atoms with Gasteiger partial charge in [0.25, 0.3) is 0 Å². The number of aromatic nitrogens is 7. The summed E-state index contributed by atoms with van der Waals surface area (Å²) in [6, 6.07) is 9.87. The lowest BCUT2D eigenvalue weighted by molar-refractivity contribution is 0.895. The molecule has 0 aliphatic heterocycles. The Morgan fingerprint density at radius 3 is 2.73 bits per heavy atom. The van der Waals surface area contributed by atoms with Crippen molar-refractivity contribution in [3.8, 4) is 5.69 Å². The largest absolute Gasteiger partial charge is 0.307 e. The Morgan fingerprint density at radius 2 is 1.92 bits per heavy atom. The lowest BCUT2D eigenvalue weighted by Crippen LogP contribution is -2.00. The number of anilines is 2. The Labute approximate surface area is 152 Å². The first-order valence-corrected chi connectivity index (χ1v) is 8.86. The highest BCUT2D eigenvalue weighted by Crippen LogP contribution is 2.25.